The highest BCUT2D eigenvalue weighted by molar-refractivity contribution is 5.96. The van der Waals surface area contributed by atoms with Crippen molar-refractivity contribution in [3.05, 3.63) is 47.9 Å². The molecular weight excluding hydrogens is 242 g/mol. The van der Waals surface area contributed by atoms with Crippen molar-refractivity contribution in [1.29, 1.82) is 0 Å². The van der Waals surface area contributed by atoms with Crippen LogP contribution in [0, 0.1) is 0 Å². The molecule has 1 aliphatic carbocycles. The SMILES string of the molecule is O=C1C=C(OC(=O)c2cc3ccccc3[nH]2)CCC1. The number of ether oxygens (including phenoxy) is 1. The molecule has 0 amide bonds. The number of hydrogen-bond donors (Lipinski definition) is 1. The van der Waals surface area contributed by atoms with Gasteiger partial charge in [0, 0.05) is 29.8 Å². The van der Waals surface area contributed by atoms with Gasteiger partial charge in [0.25, 0.3) is 0 Å². The van der Waals surface area contributed by atoms with Crippen LogP contribution in [0.5, 0.6) is 0 Å². The molecule has 0 radical (unpaired) electrons. The average molecular weight is 255 g/mol. The van der Waals surface area contributed by atoms with Gasteiger partial charge in [-0.25, -0.2) is 4.79 Å². The van der Waals surface area contributed by atoms with Crippen LogP contribution in [0.3, 0.4) is 0 Å². The van der Waals surface area contributed by atoms with Gasteiger partial charge in [-0.1, -0.05) is 18.2 Å². The Hall–Kier alpha value is -2.36. The highest BCUT2D eigenvalue weighted by Crippen LogP contribution is 2.20. The fraction of sp³-hybridized carbons (Fsp3) is 0.200. The zero-order chi connectivity index (χ0) is 13.2. The lowest BCUT2D eigenvalue weighted by atomic mass is 10.1. The summed E-state index contributed by atoms with van der Waals surface area (Å²) in [5.74, 6) is 0.0303. The molecular formula is C15H13NO3. The third-order valence-corrected chi connectivity index (χ3v) is 3.14. The minimum atomic E-state index is -0.447. The molecule has 1 heterocycles. The van der Waals surface area contributed by atoms with Gasteiger partial charge in [0.1, 0.15) is 11.5 Å². The molecule has 96 valence electrons. The van der Waals surface area contributed by atoms with E-state index in [0.29, 0.717) is 24.3 Å². The Morgan fingerprint density at radius 1 is 1.21 bits per heavy atom. The van der Waals surface area contributed by atoms with Crippen LogP contribution in [0.4, 0.5) is 0 Å². The fourth-order valence-corrected chi connectivity index (χ4v) is 2.20. The Morgan fingerprint density at radius 3 is 2.84 bits per heavy atom. The van der Waals surface area contributed by atoms with Crippen molar-refractivity contribution in [1.82, 2.24) is 4.98 Å². The van der Waals surface area contributed by atoms with Crippen molar-refractivity contribution in [2.75, 3.05) is 0 Å². The van der Waals surface area contributed by atoms with Crippen molar-refractivity contribution < 1.29 is 14.3 Å². The van der Waals surface area contributed by atoms with Crippen molar-refractivity contribution >= 4 is 22.7 Å². The number of aromatic amines is 1. The van der Waals surface area contributed by atoms with E-state index in [2.05, 4.69) is 4.98 Å². The second-order valence-electron chi connectivity index (χ2n) is 4.59. The summed E-state index contributed by atoms with van der Waals surface area (Å²) in [5.41, 5.74) is 1.29. The molecule has 0 fully saturated rings. The smallest absolute Gasteiger partial charge is 0.359 e. The number of H-pyrrole nitrogens is 1. The molecule has 3 rings (SSSR count). The molecule has 1 aromatic carbocycles. The summed E-state index contributed by atoms with van der Waals surface area (Å²) in [6, 6.07) is 9.38. The number of carbonyl (C=O) groups is 2. The molecule has 2 aromatic rings. The number of esters is 1. The third kappa shape index (κ3) is 2.42. The number of hydrogen-bond acceptors (Lipinski definition) is 3. The van der Waals surface area contributed by atoms with Crippen LogP contribution in [0.25, 0.3) is 10.9 Å². The van der Waals surface area contributed by atoms with Crippen molar-refractivity contribution in [3.8, 4) is 0 Å². The molecule has 0 unspecified atom stereocenters. The number of carbonyl (C=O) groups excluding carboxylic acids is 2. The summed E-state index contributed by atoms with van der Waals surface area (Å²) in [6.07, 6.45) is 3.33. The maximum absolute atomic E-state index is 12.0. The van der Waals surface area contributed by atoms with E-state index in [4.69, 9.17) is 4.74 Å². The molecule has 1 N–H and O–H groups in total. The maximum Gasteiger partial charge on any atom is 0.359 e. The predicted octanol–water partition coefficient (Wildman–Crippen LogP) is 2.96. The summed E-state index contributed by atoms with van der Waals surface area (Å²) in [6.45, 7) is 0. The fourth-order valence-electron chi connectivity index (χ4n) is 2.20. The van der Waals surface area contributed by atoms with Crippen molar-refractivity contribution in [3.63, 3.8) is 0 Å². The monoisotopic (exact) mass is 255 g/mol. The van der Waals surface area contributed by atoms with E-state index in [9.17, 15) is 9.59 Å². The number of nitrogens with one attached hydrogen (secondary N) is 1. The van der Waals surface area contributed by atoms with E-state index >= 15 is 0 Å². The lowest BCUT2D eigenvalue weighted by Gasteiger charge is -2.11. The minimum Gasteiger partial charge on any atom is -0.426 e. The zero-order valence-corrected chi connectivity index (χ0v) is 10.3. The largest absolute Gasteiger partial charge is 0.426 e. The summed E-state index contributed by atoms with van der Waals surface area (Å²) in [5, 5.41) is 0.961. The Morgan fingerprint density at radius 2 is 2.05 bits per heavy atom. The zero-order valence-electron chi connectivity index (χ0n) is 10.3. The molecule has 0 aliphatic heterocycles. The van der Waals surface area contributed by atoms with Gasteiger partial charge < -0.3 is 9.72 Å². The van der Waals surface area contributed by atoms with E-state index in [1.54, 1.807) is 6.07 Å². The Labute approximate surface area is 110 Å². The summed E-state index contributed by atoms with van der Waals surface area (Å²) in [7, 11) is 0. The second-order valence-corrected chi connectivity index (χ2v) is 4.59. The van der Waals surface area contributed by atoms with Crippen LogP contribution in [-0.2, 0) is 9.53 Å². The molecule has 0 saturated heterocycles. The number of aromatic nitrogens is 1. The first-order chi connectivity index (χ1) is 9.22. The van der Waals surface area contributed by atoms with E-state index < -0.39 is 5.97 Å². The molecule has 0 atom stereocenters. The first-order valence-electron chi connectivity index (χ1n) is 6.26. The number of allylic oxidation sites excluding steroid dienone is 2. The van der Waals surface area contributed by atoms with Gasteiger partial charge in [-0.05, 0) is 18.6 Å². The molecule has 1 aromatic heterocycles. The number of benzene rings is 1. The lowest BCUT2D eigenvalue weighted by molar-refractivity contribution is -0.115. The van der Waals surface area contributed by atoms with Crippen LogP contribution in [-0.4, -0.2) is 16.7 Å². The van der Waals surface area contributed by atoms with Gasteiger partial charge in [0.2, 0.25) is 0 Å². The summed E-state index contributed by atoms with van der Waals surface area (Å²) in [4.78, 5) is 26.2. The average Bonchev–Trinajstić information content (AvgIpc) is 2.82. The highest BCUT2D eigenvalue weighted by atomic mass is 16.5. The molecule has 0 bridgehead atoms. The van der Waals surface area contributed by atoms with Gasteiger partial charge in [0.05, 0.1) is 0 Å². The van der Waals surface area contributed by atoms with Crippen LogP contribution < -0.4 is 0 Å². The standard InChI is InChI=1S/C15H13NO3/c17-11-5-3-6-12(9-11)19-15(18)14-8-10-4-1-2-7-13(10)16-14/h1-2,4,7-9,16H,3,5-6H2. The maximum atomic E-state index is 12.0. The predicted molar refractivity (Wildman–Crippen MR) is 70.7 cm³/mol. The Kier molecular flexibility index (Phi) is 2.91. The molecule has 1 aliphatic rings. The quantitative estimate of drug-likeness (QED) is 0.839. The number of ketones is 1. The normalized spacial score (nSPS) is 15.4. The topological polar surface area (TPSA) is 59.2 Å². The number of fused-ring (bicyclic) bond motifs is 1. The third-order valence-electron chi connectivity index (χ3n) is 3.14. The molecule has 4 nitrogen and oxygen atoms in total. The van der Waals surface area contributed by atoms with Gasteiger partial charge in [0.15, 0.2) is 5.78 Å². The molecule has 0 spiro atoms. The summed E-state index contributed by atoms with van der Waals surface area (Å²) >= 11 is 0. The number of para-hydroxylation sites is 1. The first-order valence-corrected chi connectivity index (χ1v) is 6.26. The van der Waals surface area contributed by atoms with E-state index in [0.717, 1.165) is 17.3 Å². The Balaban J connectivity index is 1.82. The molecule has 4 heteroatoms. The van der Waals surface area contributed by atoms with E-state index in [1.807, 2.05) is 24.3 Å². The molecule has 0 saturated carbocycles. The Bertz CT molecular complexity index is 649. The van der Waals surface area contributed by atoms with Crippen molar-refractivity contribution in [2.45, 2.75) is 19.3 Å². The van der Waals surface area contributed by atoms with Gasteiger partial charge in [-0.15, -0.1) is 0 Å². The van der Waals surface area contributed by atoms with E-state index in [1.165, 1.54) is 6.08 Å². The van der Waals surface area contributed by atoms with Crippen LogP contribution in [0.15, 0.2) is 42.2 Å². The summed E-state index contributed by atoms with van der Waals surface area (Å²) < 4.78 is 5.25. The van der Waals surface area contributed by atoms with Gasteiger partial charge in [-0.2, -0.15) is 0 Å². The van der Waals surface area contributed by atoms with Crippen LogP contribution >= 0.6 is 0 Å². The van der Waals surface area contributed by atoms with Crippen LogP contribution in [0.2, 0.25) is 0 Å². The minimum absolute atomic E-state index is 0.0192. The first kappa shape index (κ1) is 11.7. The van der Waals surface area contributed by atoms with Crippen LogP contribution in [0.1, 0.15) is 29.8 Å². The van der Waals surface area contributed by atoms with E-state index in [-0.39, 0.29) is 5.78 Å². The molecule has 19 heavy (non-hydrogen) atoms. The number of rotatable bonds is 2. The second kappa shape index (κ2) is 4.72. The van der Waals surface area contributed by atoms with Gasteiger partial charge in [-0.3, -0.25) is 4.79 Å². The lowest BCUT2D eigenvalue weighted by Crippen LogP contribution is -2.10. The highest BCUT2D eigenvalue weighted by Gasteiger charge is 2.17. The van der Waals surface area contributed by atoms with Gasteiger partial charge >= 0.3 is 5.97 Å². The van der Waals surface area contributed by atoms with Crippen molar-refractivity contribution in [2.24, 2.45) is 0 Å².